The van der Waals surface area contributed by atoms with Gasteiger partial charge in [-0.15, -0.1) is 0 Å². The molecule has 0 unspecified atom stereocenters. The van der Waals surface area contributed by atoms with E-state index in [9.17, 15) is 4.79 Å². The van der Waals surface area contributed by atoms with E-state index in [0.717, 1.165) is 32.5 Å². The summed E-state index contributed by atoms with van der Waals surface area (Å²) in [5.74, 6) is 0.427. The van der Waals surface area contributed by atoms with Gasteiger partial charge in [-0.05, 0) is 46.5 Å². The van der Waals surface area contributed by atoms with Crippen LogP contribution in [0.4, 0.5) is 0 Å². The Balaban J connectivity index is 2.02. The molecular formula is C19H31N3O. The minimum Gasteiger partial charge on any atom is -0.338 e. The first-order valence-corrected chi connectivity index (χ1v) is 8.69. The van der Waals surface area contributed by atoms with Crippen LogP contribution in [0.25, 0.3) is 0 Å². The van der Waals surface area contributed by atoms with Crippen LogP contribution in [-0.2, 0) is 11.3 Å². The molecule has 1 amide bonds. The van der Waals surface area contributed by atoms with Gasteiger partial charge in [0.15, 0.2) is 0 Å². The van der Waals surface area contributed by atoms with E-state index >= 15 is 0 Å². The van der Waals surface area contributed by atoms with Gasteiger partial charge < -0.3 is 14.7 Å². The number of rotatable bonds is 5. The van der Waals surface area contributed by atoms with Gasteiger partial charge in [-0.3, -0.25) is 4.79 Å². The van der Waals surface area contributed by atoms with Crippen LogP contribution in [0.1, 0.15) is 25.3 Å². The number of likely N-dealkylation sites (N-methyl/N-ethyl adjacent to an activating group) is 2. The third kappa shape index (κ3) is 5.05. The van der Waals surface area contributed by atoms with Gasteiger partial charge in [0, 0.05) is 32.2 Å². The molecule has 1 fully saturated rings. The quantitative estimate of drug-likeness (QED) is 0.834. The highest BCUT2D eigenvalue weighted by molar-refractivity contribution is 5.79. The first-order valence-electron chi connectivity index (χ1n) is 8.69. The summed E-state index contributed by atoms with van der Waals surface area (Å²) in [6.07, 6.45) is 2.08. The molecule has 0 radical (unpaired) electrons. The lowest BCUT2D eigenvalue weighted by atomic mass is 9.99. The summed E-state index contributed by atoms with van der Waals surface area (Å²) in [5, 5.41) is 0. The lowest BCUT2D eigenvalue weighted by Crippen LogP contribution is -2.40. The summed E-state index contributed by atoms with van der Waals surface area (Å²) in [6.45, 7) is 5.47. The van der Waals surface area contributed by atoms with Crippen LogP contribution in [0, 0.1) is 5.92 Å². The average molecular weight is 317 g/mol. The number of carbonyl (C=O) groups excluding carboxylic acids is 1. The van der Waals surface area contributed by atoms with Gasteiger partial charge in [0.25, 0.3) is 0 Å². The molecule has 23 heavy (non-hydrogen) atoms. The molecule has 1 aliphatic rings. The van der Waals surface area contributed by atoms with E-state index in [4.69, 9.17) is 0 Å². The molecule has 0 aliphatic carbocycles. The second-order valence-corrected chi connectivity index (χ2v) is 6.95. The Bertz CT molecular complexity index is 489. The molecule has 1 aromatic carbocycles. The zero-order valence-electron chi connectivity index (χ0n) is 15.0. The van der Waals surface area contributed by atoms with Crippen molar-refractivity contribution in [2.24, 2.45) is 5.92 Å². The number of hydrogen-bond donors (Lipinski definition) is 0. The molecule has 1 heterocycles. The highest BCUT2D eigenvalue weighted by atomic mass is 16.2. The van der Waals surface area contributed by atoms with Crippen molar-refractivity contribution in [2.45, 2.75) is 32.4 Å². The SMILES string of the molecule is CCN(Cc1ccccc1)C(=O)[C@@H]1CC[C@H](N(C)C)CN(C)C1. The van der Waals surface area contributed by atoms with Crippen LogP contribution >= 0.6 is 0 Å². The molecular weight excluding hydrogens is 286 g/mol. The average Bonchev–Trinajstić information content (AvgIpc) is 2.75. The monoisotopic (exact) mass is 317 g/mol. The van der Waals surface area contributed by atoms with Crippen molar-refractivity contribution in [2.75, 3.05) is 40.8 Å². The highest BCUT2D eigenvalue weighted by Crippen LogP contribution is 2.21. The van der Waals surface area contributed by atoms with Crippen LogP contribution in [-0.4, -0.2) is 67.4 Å². The highest BCUT2D eigenvalue weighted by Gasteiger charge is 2.29. The fraction of sp³-hybridized carbons (Fsp3) is 0.632. The molecule has 0 aromatic heterocycles. The van der Waals surface area contributed by atoms with Crippen molar-refractivity contribution in [3.05, 3.63) is 35.9 Å². The number of benzene rings is 1. The van der Waals surface area contributed by atoms with E-state index < -0.39 is 0 Å². The number of amides is 1. The molecule has 0 N–H and O–H groups in total. The van der Waals surface area contributed by atoms with Crippen molar-refractivity contribution in [1.29, 1.82) is 0 Å². The summed E-state index contributed by atoms with van der Waals surface area (Å²) in [6, 6.07) is 10.8. The van der Waals surface area contributed by atoms with E-state index in [2.05, 4.69) is 50.0 Å². The molecule has 0 spiro atoms. The van der Waals surface area contributed by atoms with Crippen molar-refractivity contribution in [1.82, 2.24) is 14.7 Å². The Hall–Kier alpha value is -1.39. The van der Waals surface area contributed by atoms with Crippen LogP contribution in [0.3, 0.4) is 0 Å². The van der Waals surface area contributed by atoms with Crippen LogP contribution in [0.15, 0.2) is 30.3 Å². The molecule has 4 heteroatoms. The number of likely N-dealkylation sites (tertiary alicyclic amines) is 1. The van der Waals surface area contributed by atoms with Gasteiger partial charge in [-0.2, -0.15) is 0 Å². The fourth-order valence-corrected chi connectivity index (χ4v) is 3.42. The Kier molecular flexibility index (Phi) is 6.60. The maximum atomic E-state index is 13.0. The molecule has 4 nitrogen and oxygen atoms in total. The van der Waals surface area contributed by atoms with Crippen molar-refractivity contribution in [3.8, 4) is 0 Å². The molecule has 0 saturated carbocycles. The third-order valence-electron chi connectivity index (χ3n) is 4.89. The molecule has 2 atom stereocenters. The van der Waals surface area contributed by atoms with E-state index in [0.29, 0.717) is 18.5 Å². The topological polar surface area (TPSA) is 26.8 Å². The van der Waals surface area contributed by atoms with Gasteiger partial charge >= 0.3 is 0 Å². The largest absolute Gasteiger partial charge is 0.338 e. The Morgan fingerprint density at radius 1 is 1.17 bits per heavy atom. The first kappa shape index (κ1) is 18.0. The minimum atomic E-state index is 0.119. The predicted octanol–water partition coefficient (Wildman–Crippen LogP) is 2.31. The van der Waals surface area contributed by atoms with Gasteiger partial charge in [0.05, 0.1) is 5.92 Å². The van der Waals surface area contributed by atoms with Crippen molar-refractivity contribution >= 4 is 5.91 Å². The zero-order valence-corrected chi connectivity index (χ0v) is 15.0. The fourth-order valence-electron chi connectivity index (χ4n) is 3.42. The maximum absolute atomic E-state index is 13.0. The van der Waals surface area contributed by atoms with E-state index in [1.54, 1.807) is 0 Å². The van der Waals surface area contributed by atoms with Crippen molar-refractivity contribution < 1.29 is 4.79 Å². The number of hydrogen-bond acceptors (Lipinski definition) is 3. The van der Waals surface area contributed by atoms with Crippen LogP contribution in [0.5, 0.6) is 0 Å². The first-order chi connectivity index (χ1) is 11.0. The van der Waals surface area contributed by atoms with Gasteiger partial charge in [0.2, 0.25) is 5.91 Å². The molecule has 1 aliphatic heterocycles. The number of carbonyl (C=O) groups is 1. The molecule has 2 rings (SSSR count). The lowest BCUT2D eigenvalue weighted by Gasteiger charge is -2.27. The predicted molar refractivity (Wildman–Crippen MR) is 95.2 cm³/mol. The van der Waals surface area contributed by atoms with Gasteiger partial charge in [0.1, 0.15) is 0 Å². The van der Waals surface area contributed by atoms with E-state index in [-0.39, 0.29) is 5.92 Å². The smallest absolute Gasteiger partial charge is 0.227 e. The second-order valence-electron chi connectivity index (χ2n) is 6.95. The lowest BCUT2D eigenvalue weighted by molar-refractivity contribution is -0.136. The third-order valence-corrected chi connectivity index (χ3v) is 4.89. The second kappa shape index (κ2) is 8.46. The maximum Gasteiger partial charge on any atom is 0.227 e. The van der Waals surface area contributed by atoms with E-state index in [1.807, 2.05) is 23.1 Å². The van der Waals surface area contributed by atoms with Crippen molar-refractivity contribution in [3.63, 3.8) is 0 Å². The van der Waals surface area contributed by atoms with Gasteiger partial charge in [-0.25, -0.2) is 0 Å². The summed E-state index contributed by atoms with van der Waals surface area (Å²) in [7, 11) is 6.40. The Morgan fingerprint density at radius 3 is 2.48 bits per heavy atom. The molecule has 0 bridgehead atoms. The minimum absolute atomic E-state index is 0.119. The van der Waals surface area contributed by atoms with E-state index in [1.165, 1.54) is 5.56 Å². The summed E-state index contributed by atoms with van der Waals surface area (Å²) >= 11 is 0. The summed E-state index contributed by atoms with van der Waals surface area (Å²) in [4.78, 5) is 19.6. The Morgan fingerprint density at radius 2 is 1.87 bits per heavy atom. The summed E-state index contributed by atoms with van der Waals surface area (Å²) < 4.78 is 0. The summed E-state index contributed by atoms with van der Waals surface area (Å²) in [5.41, 5.74) is 1.20. The van der Waals surface area contributed by atoms with Crippen LogP contribution < -0.4 is 0 Å². The standard InChI is InChI=1S/C19H31N3O/c1-5-22(13-16-9-7-6-8-10-16)19(23)17-11-12-18(20(2)3)15-21(4)14-17/h6-10,17-18H,5,11-15H2,1-4H3/t17-,18+/m1/s1. The number of nitrogens with zero attached hydrogens (tertiary/aromatic N) is 3. The molecule has 1 aromatic rings. The Labute approximate surface area is 141 Å². The molecule has 128 valence electrons. The zero-order chi connectivity index (χ0) is 16.8. The van der Waals surface area contributed by atoms with Gasteiger partial charge in [-0.1, -0.05) is 30.3 Å². The van der Waals surface area contributed by atoms with Crippen LogP contribution in [0.2, 0.25) is 0 Å². The molecule has 1 saturated heterocycles. The normalized spacial score (nSPS) is 22.8.